The van der Waals surface area contributed by atoms with Crippen LogP contribution in [0.4, 0.5) is 0 Å². The Bertz CT molecular complexity index is 900. The van der Waals surface area contributed by atoms with Gasteiger partial charge in [0.1, 0.15) is 0 Å². The van der Waals surface area contributed by atoms with E-state index in [1.54, 1.807) is 16.4 Å². The van der Waals surface area contributed by atoms with Gasteiger partial charge in [-0.15, -0.1) is 0 Å². The standard InChI is InChI=1S/C20H22ClNO2S/c1-14-4-10-19(11-5-14)25(23,24)22-13-16(3)15(2)12-20(22)17-6-8-18(21)9-7-17/h4-11,20H,12-13H2,1-3H3. The highest BCUT2D eigenvalue weighted by Crippen LogP contribution is 2.38. The van der Waals surface area contributed by atoms with Crippen molar-refractivity contribution in [2.24, 2.45) is 0 Å². The van der Waals surface area contributed by atoms with Crippen LogP contribution in [0, 0.1) is 6.92 Å². The molecule has 1 heterocycles. The molecule has 0 amide bonds. The van der Waals surface area contributed by atoms with Crippen molar-refractivity contribution in [3.05, 3.63) is 75.8 Å². The summed E-state index contributed by atoms with van der Waals surface area (Å²) in [5.74, 6) is 0. The Kier molecular flexibility index (Phi) is 5.05. The molecule has 0 saturated carbocycles. The minimum Gasteiger partial charge on any atom is -0.207 e. The van der Waals surface area contributed by atoms with E-state index in [1.807, 2.05) is 50.2 Å². The zero-order valence-electron chi connectivity index (χ0n) is 14.7. The number of rotatable bonds is 3. The summed E-state index contributed by atoms with van der Waals surface area (Å²) in [6, 6.07) is 14.3. The van der Waals surface area contributed by atoms with Crippen LogP contribution in [0.2, 0.25) is 5.02 Å². The molecule has 0 fully saturated rings. The minimum atomic E-state index is -3.58. The van der Waals surface area contributed by atoms with Crippen LogP contribution in [-0.4, -0.2) is 19.3 Å². The normalized spacial score (nSPS) is 19.3. The van der Waals surface area contributed by atoms with E-state index in [1.165, 1.54) is 5.57 Å². The van der Waals surface area contributed by atoms with Crippen LogP contribution < -0.4 is 0 Å². The zero-order chi connectivity index (χ0) is 18.2. The summed E-state index contributed by atoms with van der Waals surface area (Å²) in [5, 5.41) is 0.649. The largest absolute Gasteiger partial charge is 0.243 e. The SMILES string of the molecule is CC1=C(C)CN(S(=O)(=O)c2ccc(C)cc2)C(c2ccc(Cl)cc2)C1. The second kappa shape index (κ2) is 6.94. The van der Waals surface area contributed by atoms with Crippen LogP contribution in [0.3, 0.4) is 0 Å². The number of benzene rings is 2. The molecule has 0 radical (unpaired) electrons. The maximum Gasteiger partial charge on any atom is 0.243 e. The summed E-state index contributed by atoms with van der Waals surface area (Å²) in [7, 11) is -3.58. The Balaban J connectivity index is 2.06. The van der Waals surface area contributed by atoms with Gasteiger partial charge in [-0.25, -0.2) is 8.42 Å². The van der Waals surface area contributed by atoms with Gasteiger partial charge < -0.3 is 0 Å². The first kappa shape index (κ1) is 18.2. The van der Waals surface area contributed by atoms with Crippen LogP contribution in [0.25, 0.3) is 0 Å². The molecule has 25 heavy (non-hydrogen) atoms. The number of halogens is 1. The molecular weight excluding hydrogens is 354 g/mol. The smallest absolute Gasteiger partial charge is 0.207 e. The number of aryl methyl sites for hydroxylation is 1. The number of hydrogen-bond donors (Lipinski definition) is 0. The molecule has 1 atom stereocenters. The van der Waals surface area contributed by atoms with Gasteiger partial charge in [-0.3, -0.25) is 0 Å². The Morgan fingerprint density at radius 3 is 2.12 bits per heavy atom. The van der Waals surface area contributed by atoms with Crippen LogP contribution in [0.1, 0.15) is 37.4 Å². The molecule has 0 aliphatic carbocycles. The summed E-state index contributed by atoms with van der Waals surface area (Å²) >= 11 is 6.00. The second-order valence-electron chi connectivity index (χ2n) is 6.70. The summed E-state index contributed by atoms with van der Waals surface area (Å²) in [5.41, 5.74) is 4.36. The monoisotopic (exact) mass is 375 g/mol. The molecule has 1 aliphatic rings. The second-order valence-corrected chi connectivity index (χ2v) is 9.02. The van der Waals surface area contributed by atoms with Gasteiger partial charge in [0.25, 0.3) is 0 Å². The lowest BCUT2D eigenvalue weighted by Gasteiger charge is -2.36. The first-order chi connectivity index (χ1) is 11.8. The van der Waals surface area contributed by atoms with Crippen molar-refractivity contribution in [3.8, 4) is 0 Å². The van der Waals surface area contributed by atoms with Crippen LogP contribution in [0.5, 0.6) is 0 Å². The average Bonchev–Trinajstić information content (AvgIpc) is 2.58. The first-order valence-corrected chi connectivity index (χ1v) is 10.1. The zero-order valence-corrected chi connectivity index (χ0v) is 16.2. The highest BCUT2D eigenvalue weighted by atomic mass is 35.5. The molecule has 132 valence electrons. The Morgan fingerprint density at radius 1 is 0.920 bits per heavy atom. The topological polar surface area (TPSA) is 37.4 Å². The van der Waals surface area contributed by atoms with Gasteiger partial charge in [0, 0.05) is 11.6 Å². The predicted molar refractivity (Wildman–Crippen MR) is 102 cm³/mol. The quantitative estimate of drug-likeness (QED) is 0.698. The minimum absolute atomic E-state index is 0.215. The molecule has 1 aliphatic heterocycles. The van der Waals surface area contributed by atoms with Gasteiger partial charge in [0.05, 0.1) is 10.9 Å². The van der Waals surface area contributed by atoms with E-state index in [2.05, 4.69) is 6.92 Å². The molecule has 5 heteroatoms. The molecule has 3 rings (SSSR count). The summed E-state index contributed by atoms with van der Waals surface area (Å²) < 4.78 is 28.2. The molecule has 0 saturated heterocycles. The Labute approximate surface area is 155 Å². The third kappa shape index (κ3) is 3.66. The molecule has 3 nitrogen and oxygen atoms in total. The lowest BCUT2D eigenvalue weighted by Crippen LogP contribution is -2.39. The maximum atomic E-state index is 13.3. The van der Waals surface area contributed by atoms with E-state index in [0.29, 0.717) is 22.9 Å². The van der Waals surface area contributed by atoms with Crippen molar-refractivity contribution >= 4 is 21.6 Å². The van der Waals surface area contributed by atoms with E-state index in [9.17, 15) is 8.42 Å². The molecule has 1 unspecified atom stereocenters. The molecule has 2 aromatic carbocycles. The highest BCUT2D eigenvalue weighted by molar-refractivity contribution is 7.89. The third-order valence-electron chi connectivity index (χ3n) is 4.85. The van der Waals surface area contributed by atoms with Gasteiger partial charge in [-0.2, -0.15) is 4.31 Å². The van der Waals surface area contributed by atoms with Crippen LogP contribution in [0.15, 0.2) is 64.6 Å². The summed E-state index contributed by atoms with van der Waals surface area (Å²) in [4.78, 5) is 0.337. The van der Waals surface area contributed by atoms with Gasteiger partial charge in [-0.05, 0) is 57.0 Å². The summed E-state index contributed by atoms with van der Waals surface area (Å²) in [6.45, 7) is 6.44. The van der Waals surface area contributed by atoms with E-state index in [-0.39, 0.29) is 6.04 Å². The van der Waals surface area contributed by atoms with Crippen LogP contribution in [-0.2, 0) is 10.0 Å². The predicted octanol–water partition coefficient (Wildman–Crippen LogP) is 5.12. The van der Waals surface area contributed by atoms with Crippen molar-refractivity contribution in [2.75, 3.05) is 6.54 Å². The number of nitrogens with zero attached hydrogens (tertiary/aromatic N) is 1. The van der Waals surface area contributed by atoms with Crippen molar-refractivity contribution in [1.82, 2.24) is 4.31 Å². The summed E-state index contributed by atoms with van der Waals surface area (Å²) in [6.07, 6.45) is 0.693. The van der Waals surface area contributed by atoms with Gasteiger partial charge >= 0.3 is 0 Å². The number of hydrogen-bond acceptors (Lipinski definition) is 2. The maximum absolute atomic E-state index is 13.3. The number of sulfonamides is 1. The average molecular weight is 376 g/mol. The molecule has 2 aromatic rings. The van der Waals surface area contributed by atoms with Gasteiger partial charge in [-0.1, -0.05) is 52.6 Å². The molecule has 0 bridgehead atoms. The lowest BCUT2D eigenvalue weighted by atomic mass is 9.93. The first-order valence-electron chi connectivity index (χ1n) is 8.28. The fourth-order valence-corrected chi connectivity index (χ4v) is 4.88. The van der Waals surface area contributed by atoms with E-state index < -0.39 is 10.0 Å². The third-order valence-corrected chi connectivity index (χ3v) is 6.97. The van der Waals surface area contributed by atoms with Crippen molar-refractivity contribution < 1.29 is 8.42 Å². The fourth-order valence-electron chi connectivity index (χ4n) is 3.11. The highest BCUT2D eigenvalue weighted by Gasteiger charge is 2.35. The Hall–Kier alpha value is -1.62. The van der Waals surface area contributed by atoms with E-state index in [4.69, 9.17) is 11.6 Å². The van der Waals surface area contributed by atoms with E-state index >= 15 is 0 Å². The van der Waals surface area contributed by atoms with Gasteiger partial charge in [0.15, 0.2) is 0 Å². The fraction of sp³-hybridized carbons (Fsp3) is 0.300. The van der Waals surface area contributed by atoms with E-state index in [0.717, 1.165) is 16.7 Å². The van der Waals surface area contributed by atoms with Crippen molar-refractivity contribution in [1.29, 1.82) is 0 Å². The lowest BCUT2D eigenvalue weighted by molar-refractivity contribution is 0.323. The van der Waals surface area contributed by atoms with Crippen molar-refractivity contribution in [3.63, 3.8) is 0 Å². The van der Waals surface area contributed by atoms with Crippen molar-refractivity contribution in [2.45, 2.75) is 38.1 Å². The molecule has 0 N–H and O–H groups in total. The Morgan fingerprint density at radius 2 is 1.52 bits per heavy atom. The van der Waals surface area contributed by atoms with Gasteiger partial charge in [0.2, 0.25) is 10.0 Å². The van der Waals surface area contributed by atoms with Crippen LogP contribution >= 0.6 is 11.6 Å². The molecular formula is C20H22ClNO2S. The molecule has 0 spiro atoms. The molecule has 0 aromatic heterocycles.